The molecule has 0 saturated carbocycles. The van der Waals surface area contributed by atoms with Gasteiger partial charge in [-0.25, -0.2) is 0 Å². The summed E-state index contributed by atoms with van der Waals surface area (Å²) in [5, 5.41) is 9.32. The Kier molecular flexibility index (Phi) is 6.97. The van der Waals surface area contributed by atoms with E-state index in [0.29, 0.717) is 5.96 Å². The number of hydrogen-bond donors (Lipinski definition) is 3. The summed E-state index contributed by atoms with van der Waals surface area (Å²) in [5.74, 6) is 1.82. The molecule has 1 aliphatic heterocycles. The molecule has 1 fully saturated rings. The van der Waals surface area contributed by atoms with E-state index >= 15 is 0 Å². The van der Waals surface area contributed by atoms with Crippen LogP contribution in [0, 0.1) is 0 Å². The Labute approximate surface area is 149 Å². The molecule has 1 aliphatic rings. The lowest BCUT2D eigenvalue weighted by Gasteiger charge is -2.24. The van der Waals surface area contributed by atoms with Crippen LogP contribution in [0.3, 0.4) is 0 Å². The molecule has 0 bridgehead atoms. The lowest BCUT2D eigenvalue weighted by atomic mass is 10.1. The van der Waals surface area contributed by atoms with Crippen molar-refractivity contribution in [2.45, 2.75) is 37.9 Å². The first-order chi connectivity index (χ1) is 11.5. The number of hydrogen-bond acceptors (Lipinski definition) is 3. The molecule has 0 aliphatic carbocycles. The number of benzene rings is 1. The molecular weight excluding hydrogens is 320 g/mol. The number of aliphatic imine (C=N–C) groups is 1. The standard InChI is InChI=1S/C18H28N4OS/c1-4-14-7-5-8-15(11-14)22-16(23)12-20-17(19-3)21-13-18(2)9-6-10-24-18/h5,7-8,11H,4,6,9-10,12-13H2,1-3H3,(H,22,23)(H2,19,20,21). The third-order valence-corrected chi connectivity index (χ3v) is 5.73. The minimum atomic E-state index is -0.0762. The highest BCUT2D eigenvalue weighted by Gasteiger charge is 2.29. The van der Waals surface area contributed by atoms with Gasteiger partial charge in [-0.2, -0.15) is 11.8 Å². The van der Waals surface area contributed by atoms with Gasteiger partial charge in [0.25, 0.3) is 0 Å². The van der Waals surface area contributed by atoms with Crippen molar-refractivity contribution in [3.8, 4) is 0 Å². The lowest BCUT2D eigenvalue weighted by Crippen LogP contribution is -2.45. The second kappa shape index (κ2) is 8.97. The highest BCUT2D eigenvalue weighted by Crippen LogP contribution is 2.36. The Morgan fingerprint density at radius 2 is 2.21 bits per heavy atom. The Bertz CT molecular complexity index is 582. The van der Waals surface area contributed by atoms with Crippen molar-refractivity contribution >= 4 is 29.3 Å². The van der Waals surface area contributed by atoms with E-state index in [1.54, 1.807) is 7.05 Å². The molecule has 6 heteroatoms. The van der Waals surface area contributed by atoms with Crippen LogP contribution in [0.25, 0.3) is 0 Å². The largest absolute Gasteiger partial charge is 0.355 e. The molecule has 1 aromatic carbocycles. The highest BCUT2D eigenvalue weighted by molar-refractivity contribution is 8.00. The van der Waals surface area contributed by atoms with Crippen molar-refractivity contribution in [1.29, 1.82) is 0 Å². The van der Waals surface area contributed by atoms with Gasteiger partial charge in [0.05, 0.1) is 6.54 Å². The molecule has 0 aromatic heterocycles. The summed E-state index contributed by atoms with van der Waals surface area (Å²) in [6, 6.07) is 7.93. The van der Waals surface area contributed by atoms with Crippen LogP contribution in [0.5, 0.6) is 0 Å². The number of nitrogens with zero attached hydrogens (tertiary/aromatic N) is 1. The van der Waals surface area contributed by atoms with Gasteiger partial charge in [-0.3, -0.25) is 9.79 Å². The lowest BCUT2D eigenvalue weighted by molar-refractivity contribution is -0.115. The Hall–Kier alpha value is -1.69. The molecule has 132 valence electrons. The molecule has 0 radical (unpaired) electrons. The number of carbonyl (C=O) groups excluding carboxylic acids is 1. The zero-order valence-electron chi connectivity index (χ0n) is 14.8. The number of thioether (sulfide) groups is 1. The van der Waals surface area contributed by atoms with Crippen molar-refractivity contribution in [2.75, 3.05) is 31.2 Å². The fourth-order valence-corrected chi connectivity index (χ4v) is 3.95. The number of nitrogens with one attached hydrogen (secondary N) is 3. The maximum atomic E-state index is 12.1. The first-order valence-electron chi connectivity index (χ1n) is 8.52. The molecule has 1 unspecified atom stereocenters. The van der Waals surface area contributed by atoms with Crippen LogP contribution >= 0.6 is 11.8 Å². The summed E-state index contributed by atoms with van der Waals surface area (Å²) in [6.45, 7) is 5.43. The number of amides is 1. The smallest absolute Gasteiger partial charge is 0.243 e. The van der Waals surface area contributed by atoms with Crippen molar-refractivity contribution in [1.82, 2.24) is 10.6 Å². The fourth-order valence-electron chi connectivity index (χ4n) is 2.71. The van der Waals surface area contributed by atoms with Gasteiger partial charge < -0.3 is 16.0 Å². The SMILES string of the molecule is CCc1cccc(NC(=O)CNC(=NC)NCC2(C)CCCS2)c1. The zero-order chi connectivity index (χ0) is 17.4. The molecule has 1 atom stereocenters. The van der Waals surface area contributed by atoms with Crippen molar-refractivity contribution in [2.24, 2.45) is 4.99 Å². The summed E-state index contributed by atoms with van der Waals surface area (Å²) < 4.78 is 0.264. The molecule has 5 nitrogen and oxygen atoms in total. The second-order valence-corrected chi connectivity index (χ2v) is 7.97. The van der Waals surface area contributed by atoms with E-state index in [0.717, 1.165) is 18.7 Å². The van der Waals surface area contributed by atoms with E-state index in [1.807, 2.05) is 30.0 Å². The molecule has 24 heavy (non-hydrogen) atoms. The third-order valence-electron chi connectivity index (χ3n) is 4.19. The Balaban J connectivity index is 1.76. The summed E-state index contributed by atoms with van der Waals surface area (Å²) >= 11 is 2.00. The van der Waals surface area contributed by atoms with Crippen LogP contribution in [-0.2, 0) is 11.2 Å². The average molecular weight is 349 g/mol. The van der Waals surface area contributed by atoms with E-state index in [-0.39, 0.29) is 17.2 Å². The minimum Gasteiger partial charge on any atom is -0.355 e. The zero-order valence-corrected chi connectivity index (χ0v) is 15.6. The van der Waals surface area contributed by atoms with Crippen LogP contribution < -0.4 is 16.0 Å². The van der Waals surface area contributed by atoms with Gasteiger partial charge in [0, 0.05) is 24.0 Å². The van der Waals surface area contributed by atoms with E-state index in [2.05, 4.69) is 40.9 Å². The van der Waals surface area contributed by atoms with Gasteiger partial charge in [0.1, 0.15) is 0 Å². The quantitative estimate of drug-likeness (QED) is 0.546. The van der Waals surface area contributed by atoms with E-state index in [9.17, 15) is 4.79 Å². The summed E-state index contributed by atoms with van der Waals surface area (Å²) in [4.78, 5) is 16.3. The maximum Gasteiger partial charge on any atom is 0.243 e. The molecule has 2 rings (SSSR count). The predicted octanol–water partition coefficient (Wildman–Crippen LogP) is 2.64. The number of guanidine groups is 1. The topological polar surface area (TPSA) is 65.5 Å². The van der Waals surface area contributed by atoms with Crippen LogP contribution in [0.4, 0.5) is 5.69 Å². The minimum absolute atomic E-state index is 0.0762. The molecular formula is C18H28N4OS. The number of anilines is 1. The summed E-state index contributed by atoms with van der Waals surface area (Å²) in [5.41, 5.74) is 2.04. The first-order valence-corrected chi connectivity index (χ1v) is 9.50. The molecule has 1 aromatic rings. The van der Waals surface area contributed by atoms with E-state index in [1.165, 1.54) is 24.2 Å². The molecule has 0 spiro atoms. The van der Waals surface area contributed by atoms with Crippen LogP contribution in [0.15, 0.2) is 29.3 Å². The van der Waals surface area contributed by atoms with Crippen LogP contribution in [-0.4, -0.2) is 42.5 Å². The van der Waals surface area contributed by atoms with Gasteiger partial charge >= 0.3 is 0 Å². The number of carbonyl (C=O) groups is 1. The van der Waals surface area contributed by atoms with Crippen LogP contribution in [0.1, 0.15) is 32.3 Å². The Morgan fingerprint density at radius 3 is 2.88 bits per heavy atom. The van der Waals surface area contributed by atoms with Gasteiger partial charge in [-0.1, -0.05) is 19.1 Å². The van der Waals surface area contributed by atoms with Crippen molar-refractivity contribution < 1.29 is 4.79 Å². The van der Waals surface area contributed by atoms with Crippen molar-refractivity contribution in [3.63, 3.8) is 0 Å². The molecule has 1 heterocycles. The molecule has 1 saturated heterocycles. The predicted molar refractivity (Wildman–Crippen MR) is 104 cm³/mol. The normalized spacial score (nSPS) is 20.7. The van der Waals surface area contributed by atoms with Gasteiger partial charge in [0.15, 0.2) is 5.96 Å². The maximum absolute atomic E-state index is 12.1. The fraction of sp³-hybridized carbons (Fsp3) is 0.556. The monoisotopic (exact) mass is 348 g/mol. The first kappa shape index (κ1) is 18.6. The second-order valence-electron chi connectivity index (χ2n) is 6.28. The van der Waals surface area contributed by atoms with Gasteiger partial charge in [-0.05, 0) is 49.6 Å². The molecule has 3 N–H and O–H groups in total. The number of rotatable bonds is 6. The molecule has 1 amide bonds. The summed E-state index contributed by atoms with van der Waals surface area (Å²) in [7, 11) is 1.72. The van der Waals surface area contributed by atoms with Crippen LogP contribution in [0.2, 0.25) is 0 Å². The van der Waals surface area contributed by atoms with Gasteiger partial charge in [-0.15, -0.1) is 0 Å². The average Bonchev–Trinajstić information content (AvgIpc) is 3.02. The third kappa shape index (κ3) is 5.74. The Morgan fingerprint density at radius 1 is 1.38 bits per heavy atom. The highest BCUT2D eigenvalue weighted by atomic mass is 32.2. The van der Waals surface area contributed by atoms with E-state index < -0.39 is 0 Å². The number of aryl methyl sites for hydroxylation is 1. The van der Waals surface area contributed by atoms with E-state index in [4.69, 9.17) is 0 Å². The summed E-state index contributed by atoms with van der Waals surface area (Å²) in [6.07, 6.45) is 3.44. The van der Waals surface area contributed by atoms with Gasteiger partial charge in [0.2, 0.25) is 5.91 Å². The van der Waals surface area contributed by atoms with Crippen molar-refractivity contribution in [3.05, 3.63) is 29.8 Å².